The largest absolute Gasteiger partial charge is 0.369 e. The van der Waals surface area contributed by atoms with Gasteiger partial charge in [0.2, 0.25) is 9.84 Å². The Morgan fingerprint density at radius 1 is 0.769 bits per heavy atom. The van der Waals surface area contributed by atoms with Crippen molar-refractivity contribution in [2.45, 2.75) is 22.9 Å². The van der Waals surface area contributed by atoms with Gasteiger partial charge in [0.15, 0.2) is 0 Å². The zero-order valence-electron chi connectivity index (χ0n) is 14.2. The maximum absolute atomic E-state index is 12.7. The van der Waals surface area contributed by atoms with Crippen LogP contribution in [0.1, 0.15) is 16.7 Å². The van der Waals surface area contributed by atoms with Crippen LogP contribution in [0.25, 0.3) is 6.08 Å². The minimum atomic E-state index is -3.46. The van der Waals surface area contributed by atoms with Crippen LogP contribution in [0.3, 0.4) is 0 Å². The van der Waals surface area contributed by atoms with Crippen molar-refractivity contribution in [1.82, 2.24) is 4.90 Å². The van der Waals surface area contributed by atoms with Gasteiger partial charge in [0.1, 0.15) is 0 Å². The van der Waals surface area contributed by atoms with Crippen LogP contribution in [0.15, 0.2) is 94.9 Å². The molecule has 4 heteroatoms. The van der Waals surface area contributed by atoms with Gasteiger partial charge in [0, 0.05) is 19.3 Å². The van der Waals surface area contributed by atoms with E-state index in [9.17, 15) is 8.42 Å². The van der Waals surface area contributed by atoms with Crippen LogP contribution in [0, 0.1) is 0 Å². The van der Waals surface area contributed by atoms with E-state index in [0.29, 0.717) is 9.79 Å². The molecule has 0 saturated carbocycles. The molecule has 0 aliphatic carbocycles. The maximum Gasteiger partial charge on any atom is 0.206 e. The molecule has 1 aliphatic heterocycles. The molecule has 3 nitrogen and oxygen atoms in total. The predicted octanol–water partition coefficient (Wildman–Crippen LogP) is 4.51. The van der Waals surface area contributed by atoms with E-state index in [1.165, 1.54) is 11.1 Å². The first-order valence-electron chi connectivity index (χ1n) is 8.52. The Bertz CT molecular complexity index is 1040. The topological polar surface area (TPSA) is 37.4 Å². The first-order valence-corrected chi connectivity index (χ1v) is 10.0. The van der Waals surface area contributed by atoms with Gasteiger partial charge in [-0.15, -0.1) is 0 Å². The molecule has 0 bridgehead atoms. The fraction of sp³-hybridized carbons (Fsp3) is 0.0909. The normalized spacial score (nSPS) is 13.5. The molecule has 4 rings (SSSR count). The second kappa shape index (κ2) is 6.81. The number of fused-ring (bicyclic) bond motifs is 1. The Kier molecular flexibility index (Phi) is 4.35. The molecule has 0 amide bonds. The summed E-state index contributed by atoms with van der Waals surface area (Å²) >= 11 is 0. The number of hydrogen-bond acceptors (Lipinski definition) is 3. The molecule has 130 valence electrons. The van der Waals surface area contributed by atoms with Gasteiger partial charge in [-0.25, -0.2) is 8.42 Å². The summed E-state index contributed by atoms with van der Waals surface area (Å²) in [5, 5.41) is 0. The Balaban J connectivity index is 1.51. The summed E-state index contributed by atoms with van der Waals surface area (Å²) in [7, 11) is -3.46. The molecule has 1 aliphatic rings. The van der Waals surface area contributed by atoms with Crippen LogP contribution in [0.4, 0.5) is 0 Å². The van der Waals surface area contributed by atoms with Crippen molar-refractivity contribution in [3.05, 3.63) is 102 Å². The van der Waals surface area contributed by atoms with Crippen molar-refractivity contribution in [3.63, 3.8) is 0 Å². The van der Waals surface area contributed by atoms with E-state index in [2.05, 4.69) is 35.4 Å². The van der Waals surface area contributed by atoms with Crippen LogP contribution >= 0.6 is 0 Å². The molecule has 0 aromatic heterocycles. The summed E-state index contributed by atoms with van der Waals surface area (Å²) in [6, 6.07) is 24.1. The highest BCUT2D eigenvalue weighted by Gasteiger charge is 2.17. The Labute approximate surface area is 154 Å². The molecule has 0 spiro atoms. The molecule has 1 heterocycles. The molecule has 3 aromatic rings. The number of nitrogens with zero attached hydrogens (tertiary/aromatic N) is 1. The molecule has 0 unspecified atom stereocenters. The molecule has 0 saturated heterocycles. The average Bonchev–Trinajstić information content (AvgIpc) is 2.69. The van der Waals surface area contributed by atoms with E-state index in [4.69, 9.17) is 0 Å². The van der Waals surface area contributed by atoms with Crippen molar-refractivity contribution in [1.29, 1.82) is 0 Å². The van der Waals surface area contributed by atoms with E-state index in [0.717, 1.165) is 18.7 Å². The molecule has 3 aromatic carbocycles. The van der Waals surface area contributed by atoms with Crippen LogP contribution < -0.4 is 0 Å². The van der Waals surface area contributed by atoms with E-state index >= 15 is 0 Å². The summed E-state index contributed by atoms with van der Waals surface area (Å²) < 4.78 is 25.3. The average molecular weight is 361 g/mol. The molecular formula is C22H19NO2S. The van der Waals surface area contributed by atoms with Gasteiger partial charge >= 0.3 is 0 Å². The first kappa shape index (κ1) is 16.6. The maximum atomic E-state index is 12.7. The van der Waals surface area contributed by atoms with Crippen molar-refractivity contribution >= 4 is 15.9 Å². The van der Waals surface area contributed by atoms with Crippen LogP contribution in [-0.4, -0.2) is 13.3 Å². The smallest absolute Gasteiger partial charge is 0.206 e. The van der Waals surface area contributed by atoms with Crippen molar-refractivity contribution in [3.8, 4) is 0 Å². The lowest BCUT2D eigenvalue weighted by atomic mass is 10.0. The Hall–Kier alpha value is -2.85. The third kappa shape index (κ3) is 3.28. The van der Waals surface area contributed by atoms with E-state index in [1.54, 1.807) is 36.4 Å². The third-order valence-corrected chi connectivity index (χ3v) is 6.35. The first-order chi connectivity index (χ1) is 12.6. The molecule has 26 heavy (non-hydrogen) atoms. The zero-order chi connectivity index (χ0) is 18.0. The molecule has 0 radical (unpaired) electrons. The SMILES string of the molecule is O=S(=O)(c1ccccc1)c1ccc(CN2C=Cc3ccccc3C2)cc1. The highest BCUT2D eigenvalue weighted by atomic mass is 32.2. The highest BCUT2D eigenvalue weighted by molar-refractivity contribution is 7.91. The molecule has 0 atom stereocenters. The predicted molar refractivity (Wildman–Crippen MR) is 103 cm³/mol. The Morgan fingerprint density at radius 2 is 1.42 bits per heavy atom. The number of sulfone groups is 1. The number of hydrogen-bond donors (Lipinski definition) is 0. The number of rotatable bonds is 4. The van der Waals surface area contributed by atoms with Crippen molar-refractivity contribution in [2.75, 3.05) is 0 Å². The summed E-state index contributed by atoms with van der Waals surface area (Å²) in [5.41, 5.74) is 3.65. The van der Waals surface area contributed by atoms with E-state index in [-0.39, 0.29) is 0 Å². The van der Waals surface area contributed by atoms with Gasteiger partial charge in [0.05, 0.1) is 9.79 Å². The van der Waals surface area contributed by atoms with E-state index in [1.807, 2.05) is 24.3 Å². The van der Waals surface area contributed by atoms with Crippen LogP contribution in [0.2, 0.25) is 0 Å². The summed E-state index contributed by atoms with van der Waals surface area (Å²) in [4.78, 5) is 2.87. The van der Waals surface area contributed by atoms with Gasteiger partial charge < -0.3 is 4.90 Å². The summed E-state index contributed by atoms with van der Waals surface area (Å²) in [6.07, 6.45) is 4.21. The fourth-order valence-electron chi connectivity index (χ4n) is 3.15. The van der Waals surface area contributed by atoms with Gasteiger partial charge in [-0.3, -0.25) is 0 Å². The lowest BCUT2D eigenvalue weighted by Crippen LogP contribution is -2.19. The van der Waals surface area contributed by atoms with E-state index < -0.39 is 9.84 Å². The standard InChI is InChI=1S/C22H19NO2S/c24-26(25,21-8-2-1-3-9-21)22-12-10-18(11-13-22)16-23-15-14-19-6-4-5-7-20(19)17-23/h1-15H,16-17H2. The quantitative estimate of drug-likeness (QED) is 0.686. The molecular weight excluding hydrogens is 342 g/mol. The van der Waals surface area contributed by atoms with Gasteiger partial charge in [-0.1, -0.05) is 54.6 Å². The second-order valence-corrected chi connectivity index (χ2v) is 8.33. The molecule has 0 fully saturated rings. The van der Waals surface area contributed by atoms with Crippen LogP contribution in [-0.2, 0) is 22.9 Å². The summed E-state index contributed by atoms with van der Waals surface area (Å²) in [6.45, 7) is 1.60. The lowest BCUT2D eigenvalue weighted by Gasteiger charge is -2.25. The Morgan fingerprint density at radius 3 is 2.19 bits per heavy atom. The van der Waals surface area contributed by atoms with Crippen molar-refractivity contribution in [2.24, 2.45) is 0 Å². The zero-order valence-corrected chi connectivity index (χ0v) is 15.1. The molecule has 0 N–H and O–H groups in total. The second-order valence-electron chi connectivity index (χ2n) is 6.38. The number of benzene rings is 3. The lowest BCUT2D eigenvalue weighted by molar-refractivity contribution is 0.359. The van der Waals surface area contributed by atoms with Gasteiger partial charge in [-0.2, -0.15) is 0 Å². The van der Waals surface area contributed by atoms with Gasteiger partial charge in [0.25, 0.3) is 0 Å². The monoisotopic (exact) mass is 361 g/mol. The minimum absolute atomic E-state index is 0.323. The van der Waals surface area contributed by atoms with Crippen LogP contribution in [0.5, 0.6) is 0 Å². The summed E-state index contributed by atoms with van der Waals surface area (Å²) in [5.74, 6) is 0. The minimum Gasteiger partial charge on any atom is -0.369 e. The van der Waals surface area contributed by atoms with Crippen molar-refractivity contribution < 1.29 is 8.42 Å². The highest BCUT2D eigenvalue weighted by Crippen LogP contribution is 2.23. The third-order valence-electron chi connectivity index (χ3n) is 4.57. The fourth-order valence-corrected chi connectivity index (χ4v) is 4.43. The van der Waals surface area contributed by atoms with Gasteiger partial charge in [-0.05, 0) is 47.0 Å².